The Bertz CT molecular complexity index is 362. The zero-order valence-electron chi connectivity index (χ0n) is 11.3. The van der Waals surface area contributed by atoms with Gasteiger partial charge in [-0.25, -0.2) is 0 Å². The van der Waals surface area contributed by atoms with Crippen molar-refractivity contribution in [1.29, 1.82) is 0 Å². The van der Waals surface area contributed by atoms with E-state index in [9.17, 15) is 0 Å². The summed E-state index contributed by atoms with van der Waals surface area (Å²) in [6.45, 7) is 9.81. The van der Waals surface area contributed by atoms with Crippen molar-refractivity contribution in [1.82, 2.24) is 20.1 Å². The van der Waals surface area contributed by atoms with Gasteiger partial charge in [-0.1, -0.05) is 20.8 Å². The maximum Gasteiger partial charge on any atom is 0.147 e. The lowest BCUT2D eigenvalue weighted by Crippen LogP contribution is -2.23. The molecule has 0 aromatic carbocycles. The second kappa shape index (κ2) is 5.17. The van der Waals surface area contributed by atoms with E-state index >= 15 is 0 Å². The molecule has 0 radical (unpaired) electrons. The molecule has 96 valence electrons. The Balaban J connectivity index is 1.81. The summed E-state index contributed by atoms with van der Waals surface area (Å²) in [6.07, 6.45) is 4.80. The molecule has 0 saturated heterocycles. The SMILES string of the molecule is CC(C)(C)CCNCc1nnc2n1CCCC2. The molecule has 2 heterocycles. The fourth-order valence-corrected chi connectivity index (χ4v) is 2.16. The molecule has 2 rings (SSSR count). The first-order chi connectivity index (χ1) is 8.06. The Morgan fingerprint density at radius 3 is 2.82 bits per heavy atom. The molecule has 1 aromatic rings. The van der Waals surface area contributed by atoms with Crippen molar-refractivity contribution in [2.24, 2.45) is 5.41 Å². The van der Waals surface area contributed by atoms with Crippen LogP contribution in [-0.2, 0) is 19.5 Å². The third kappa shape index (κ3) is 3.53. The van der Waals surface area contributed by atoms with Gasteiger partial charge in [0.25, 0.3) is 0 Å². The molecule has 0 unspecified atom stereocenters. The summed E-state index contributed by atoms with van der Waals surface area (Å²) in [5.41, 5.74) is 0.400. The van der Waals surface area contributed by atoms with E-state index in [1.165, 1.54) is 25.1 Å². The molecule has 0 bridgehead atoms. The summed E-state index contributed by atoms with van der Waals surface area (Å²) >= 11 is 0. The standard InChI is InChI=1S/C13H24N4/c1-13(2,3)7-8-14-10-12-16-15-11-6-4-5-9-17(11)12/h14H,4-10H2,1-3H3. The zero-order chi connectivity index (χ0) is 12.3. The highest BCUT2D eigenvalue weighted by atomic mass is 15.3. The van der Waals surface area contributed by atoms with Gasteiger partial charge < -0.3 is 9.88 Å². The monoisotopic (exact) mass is 236 g/mol. The molecule has 0 spiro atoms. The highest BCUT2D eigenvalue weighted by Gasteiger charge is 2.15. The third-order valence-corrected chi connectivity index (χ3v) is 3.27. The van der Waals surface area contributed by atoms with Crippen LogP contribution in [0.1, 0.15) is 51.7 Å². The molecule has 0 aliphatic carbocycles. The summed E-state index contributed by atoms with van der Waals surface area (Å²) in [7, 11) is 0. The largest absolute Gasteiger partial charge is 0.314 e. The second-order valence-electron chi connectivity index (χ2n) is 6.13. The molecular formula is C13H24N4. The van der Waals surface area contributed by atoms with Crippen LogP contribution in [0.25, 0.3) is 0 Å². The van der Waals surface area contributed by atoms with Gasteiger partial charge in [-0.3, -0.25) is 0 Å². The highest BCUT2D eigenvalue weighted by molar-refractivity contribution is 4.98. The highest BCUT2D eigenvalue weighted by Crippen LogP contribution is 2.17. The molecule has 1 aromatic heterocycles. The van der Waals surface area contributed by atoms with Crippen LogP contribution in [0, 0.1) is 5.41 Å². The Hall–Kier alpha value is -0.900. The minimum Gasteiger partial charge on any atom is -0.314 e. The van der Waals surface area contributed by atoms with Crippen molar-refractivity contribution in [2.75, 3.05) is 6.54 Å². The normalized spacial score (nSPS) is 15.9. The Kier molecular flexibility index (Phi) is 3.82. The predicted octanol–water partition coefficient (Wildman–Crippen LogP) is 2.14. The average Bonchev–Trinajstić information content (AvgIpc) is 2.67. The number of aryl methyl sites for hydroxylation is 1. The van der Waals surface area contributed by atoms with Gasteiger partial charge in [0.15, 0.2) is 0 Å². The summed E-state index contributed by atoms with van der Waals surface area (Å²) in [5, 5.41) is 12.0. The van der Waals surface area contributed by atoms with E-state index in [-0.39, 0.29) is 0 Å². The number of rotatable bonds is 4. The molecule has 0 saturated carbocycles. The minimum atomic E-state index is 0.400. The maximum atomic E-state index is 4.28. The first-order valence-electron chi connectivity index (χ1n) is 6.68. The van der Waals surface area contributed by atoms with Crippen LogP contribution < -0.4 is 5.32 Å². The summed E-state index contributed by atoms with van der Waals surface area (Å²) in [4.78, 5) is 0. The van der Waals surface area contributed by atoms with Crippen LogP contribution >= 0.6 is 0 Å². The van der Waals surface area contributed by atoms with E-state index in [4.69, 9.17) is 0 Å². The minimum absolute atomic E-state index is 0.400. The molecule has 1 aliphatic rings. The fraction of sp³-hybridized carbons (Fsp3) is 0.846. The van der Waals surface area contributed by atoms with Crippen molar-refractivity contribution < 1.29 is 0 Å². The van der Waals surface area contributed by atoms with Crippen LogP contribution in [0.2, 0.25) is 0 Å². The third-order valence-electron chi connectivity index (χ3n) is 3.27. The van der Waals surface area contributed by atoms with Crippen LogP contribution in [-0.4, -0.2) is 21.3 Å². The van der Waals surface area contributed by atoms with Gasteiger partial charge in [-0.05, 0) is 31.2 Å². The van der Waals surface area contributed by atoms with E-state index in [1.54, 1.807) is 0 Å². The van der Waals surface area contributed by atoms with Crippen molar-refractivity contribution in [3.8, 4) is 0 Å². The average molecular weight is 236 g/mol. The maximum absolute atomic E-state index is 4.28. The van der Waals surface area contributed by atoms with Crippen molar-refractivity contribution in [2.45, 2.75) is 59.5 Å². The van der Waals surface area contributed by atoms with Crippen LogP contribution in [0.3, 0.4) is 0 Å². The predicted molar refractivity (Wildman–Crippen MR) is 68.7 cm³/mol. The number of fused-ring (bicyclic) bond motifs is 1. The topological polar surface area (TPSA) is 42.7 Å². The lowest BCUT2D eigenvalue weighted by Gasteiger charge is -2.18. The van der Waals surface area contributed by atoms with E-state index in [1.807, 2.05) is 0 Å². The van der Waals surface area contributed by atoms with Gasteiger partial charge in [0.1, 0.15) is 11.6 Å². The van der Waals surface area contributed by atoms with E-state index in [0.717, 1.165) is 31.9 Å². The molecule has 1 aliphatic heterocycles. The molecular weight excluding hydrogens is 212 g/mol. The van der Waals surface area contributed by atoms with Gasteiger partial charge in [-0.15, -0.1) is 10.2 Å². The Morgan fingerprint density at radius 1 is 1.24 bits per heavy atom. The van der Waals surface area contributed by atoms with Gasteiger partial charge in [0.05, 0.1) is 6.54 Å². The molecule has 0 atom stereocenters. The van der Waals surface area contributed by atoms with Crippen LogP contribution in [0.4, 0.5) is 0 Å². The number of aromatic nitrogens is 3. The van der Waals surface area contributed by atoms with Gasteiger partial charge >= 0.3 is 0 Å². The number of hydrogen-bond acceptors (Lipinski definition) is 3. The summed E-state index contributed by atoms with van der Waals surface area (Å²) < 4.78 is 2.29. The number of hydrogen-bond donors (Lipinski definition) is 1. The quantitative estimate of drug-likeness (QED) is 0.814. The van der Waals surface area contributed by atoms with Crippen molar-refractivity contribution in [3.05, 3.63) is 11.6 Å². The zero-order valence-corrected chi connectivity index (χ0v) is 11.3. The van der Waals surface area contributed by atoms with Gasteiger partial charge in [0.2, 0.25) is 0 Å². The van der Waals surface area contributed by atoms with Gasteiger partial charge in [0, 0.05) is 13.0 Å². The van der Waals surface area contributed by atoms with Crippen LogP contribution in [0.5, 0.6) is 0 Å². The fourth-order valence-electron chi connectivity index (χ4n) is 2.16. The van der Waals surface area contributed by atoms with E-state index in [0.29, 0.717) is 5.41 Å². The molecule has 17 heavy (non-hydrogen) atoms. The van der Waals surface area contributed by atoms with Crippen molar-refractivity contribution in [3.63, 3.8) is 0 Å². The Morgan fingerprint density at radius 2 is 2.06 bits per heavy atom. The van der Waals surface area contributed by atoms with E-state index < -0.39 is 0 Å². The van der Waals surface area contributed by atoms with Crippen LogP contribution in [0.15, 0.2) is 0 Å². The van der Waals surface area contributed by atoms with Crippen molar-refractivity contribution >= 4 is 0 Å². The first-order valence-corrected chi connectivity index (χ1v) is 6.68. The number of nitrogens with one attached hydrogen (secondary N) is 1. The molecule has 4 nitrogen and oxygen atoms in total. The van der Waals surface area contributed by atoms with E-state index in [2.05, 4.69) is 40.9 Å². The smallest absolute Gasteiger partial charge is 0.147 e. The first kappa shape index (κ1) is 12.6. The summed E-state index contributed by atoms with van der Waals surface area (Å²) in [6, 6.07) is 0. The lowest BCUT2D eigenvalue weighted by atomic mass is 9.92. The molecule has 4 heteroatoms. The Labute approximate surface area is 104 Å². The summed E-state index contributed by atoms with van der Waals surface area (Å²) in [5.74, 6) is 2.28. The molecule has 0 fully saturated rings. The molecule has 1 N–H and O–H groups in total. The van der Waals surface area contributed by atoms with Gasteiger partial charge in [-0.2, -0.15) is 0 Å². The lowest BCUT2D eigenvalue weighted by molar-refractivity contribution is 0.364. The number of nitrogens with zero attached hydrogens (tertiary/aromatic N) is 3. The molecule has 0 amide bonds. The second-order valence-corrected chi connectivity index (χ2v) is 6.13.